The monoisotopic (exact) mass is 206 g/mol. The number of halogens is 2. The van der Waals surface area contributed by atoms with Gasteiger partial charge in [-0.2, -0.15) is 0 Å². The van der Waals surface area contributed by atoms with Crippen LogP contribution in [0.2, 0.25) is 0 Å². The van der Waals surface area contributed by atoms with Crippen LogP contribution < -0.4 is 0 Å². The molecule has 0 heterocycles. The van der Waals surface area contributed by atoms with Gasteiger partial charge in [-0.1, -0.05) is 12.1 Å². The van der Waals surface area contributed by atoms with E-state index in [1.54, 1.807) is 18.2 Å². The Hall–Kier alpha value is -0.0200. The molecule has 1 rings (SSSR count). The highest BCUT2D eigenvalue weighted by atomic mass is 79.9. The summed E-state index contributed by atoms with van der Waals surface area (Å²) in [5.74, 6) is -0.181. The van der Waals surface area contributed by atoms with Crippen molar-refractivity contribution in [2.24, 2.45) is 0 Å². The summed E-state index contributed by atoms with van der Waals surface area (Å²) in [6, 6.07) is 6.62. The third kappa shape index (κ3) is 1.69. The molecule has 0 aliphatic carbocycles. The number of rotatable bonds is 1. The van der Waals surface area contributed by atoms with Gasteiger partial charge >= 0.3 is 0 Å². The van der Waals surface area contributed by atoms with Crippen molar-refractivity contribution < 1.29 is 4.39 Å². The predicted octanol–water partition coefficient (Wildman–Crippen LogP) is 3.23. The highest BCUT2D eigenvalue weighted by Crippen LogP contribution is 2.26. The van der Waals surface area contributed by atoms with Gasteiger partial charge in [-0.05, 0) is 37.1 Å². The zero-order valence-corrected chi connectivity index (χ0v) is 6.88. The van der Waals surface area contributed by atoms with E-state index in [0.29, 0.717) is 4.90 Å². The predicted molar refractivity (Wildman–Crippen MR) is 41.2 cm³/mol. The van der Waals surface area contributed by atoms with E-state index in [2.05, 4.69) is 14.8 Å². The van der Waals surface area contributed by atoms with Gasteiger partial charge in [0.25, 0.3) is 0 Å². The van der Waals surface area contributed by atoms with Crippen LogP contribution in [0.1, 0.15) is 0 Å². The molecule has 0 radical (unpaired) electrons. The van der Waals surface area contributed by atoms with Gasteiger partial charge in [-0.15, -0.1) is 0 Å². The molecule has 1 aromatic rings. The minimum absolute atomic E-state index is 0.181. The first kappa shape index (κ1) is 7.09. The Balaban J connectivity index is 3.01. The molecule has 1 aromatic carbocycles. The normalized spacial score (nSPS) is 9.56. The highest BCUT2D eigenvalue weighted by Gasteiger charge is 1.96. The van der Waals surface area contributed by atoms with Crippen LogP contribution in [0.3, 0.4) is 0 Å². The lowest BCUT2D eigenvalue weighted by molar-refractivity contribution is 0.602. The Morgan fingerprint density at radius 2 is 2.00 bits per heavy atom. The summed E-state index contributed by atoms with van der Waals surface area (Å²) < 4.78 is 12.5. The largest absolute Gasteiger partial charge is 0.206 e. The smallest absolute Gasteiger partial charge is 0.137 e. The van der Waals surface area contributed by atoms with Gasteiger partial charge in [0, 0.05) is 0 Å². The summed E-state index contributed by atoms with van der Waals surface area (Å²) in [5.41, 5.74) is 0. The zero-order chi connectivity index (χ0) is 6.69. The summed E-state index contributed by atoms with van der Waals surface area (Å²) >= 11 is 3.08. The number of benzene rings is 1. The van der Waals surface area contributed by atoms with Crippen molar-refractivity contribution in [3.63, 3.8) is 0 Å². The van der Waals surface area contributed by atoms with Crippen LogP contribution in [0.25, 0.3) is 0 Å². The molecule has 0 N–H and O–H groups in total. The molecule has 0 aliphatic rings. The first-order chi connectivity index (χ1) is 4.34. The van der Waals surface area contributed by atoms with Gasteiger partial charge in [-0.3, -0.25) is 0 Å². The van der Waals surface area contributed by atoms with Crippen molar-refractivity contribution in [2.75, 3.05) is 0 Å². The molecular formula is C6H4BrFS. The van der Waals surface area contributed by atoms with Crippen molar-refractivity contribution in [3.8, 4) is 0 Å². The second-order valence-electron chi connectivity index (χ2n) is 1.51. The molecule has 0 fully saturated rings. The third-order valence-electron chi connectivity index (χ3n) is 0.920. The number of hydrogen-bond acceptors (Lipinski definition) is 1. The van der Waals surface area contributed by atoms with Gasteiger partial charge in [0.2, 0.25) is 0 Å². The van der Waals surface area contributed by atoms with Crippen LogP contribution in [-0.2, 0) is 0 Å². The van der Waals surface area contributed by atoms with E-state index >= 15 is 0 Å². The fourth-order valence-corrected chi connectivity index (χ4v) is 1.57. The summed E-state index contributed by atoms with van der Waals surface area (Å²) in [6.45, 7) is 0. The van der Waals surface area contributed by atoms with Crippen LogP contribution in [0.4, 0.5) is 4.39 Å². The molecule has 0 bridgehead atoms. The van der Waals surface area contributed by atoms with Gasteiger partial charge < -0.3 is 0 Å². The summed E-state index contributed by atoms with van der Waals surface area (Å²) in [6.07, 6.45) is 0. The molecule has 48 valence electrons. The van der Waals surface area contributed by atoms with E-state index in [4.69, 9.17) is 0 Å². The molecule has 0 unspecified atom stereocenters. The summed E-state index contributed by atoms with van der Waals surface area (Å²) in [4.78, 5) is 0.623. The highest BCUT2D eigenvalue weighted by molar-refractivity contribution is 9.50. The Labute approximate surface area is 64.7 Å². The Morgan fingerprint density at radius 1 is 1.33 bits per heavy atom. The van der Waals surface area contributed by atoms with Gasteiger partial charge in [0.05, 0.1) is 4.90 Å². The Bertz CT molecular complexity index is 202. The van der Waals surface area contributed by atoms with E-state index in [-0.39, 0.29) is 5.82 Å². The molecule has 9 heavy (non-hydrogen) atoms. The third-order valence-corrected chi connectivity index (χ3v) is 2.46. The summed E-state index contributed by atoms with van der Waals surface area (Å²) in [7, 11) is 1.23. The van der Waals surface area contributed by atoms with E-state index in [0.717, 1.165) is 0 Å². The molecule has 0 aromatic heterocycles. The topological polar surface area (TPSA) is 0 Å². The quantitative estimate of drug-likeness (QED) is 0.681. The minimum atomic E-state index is -0.181. The van der Waals surface area contributed by atoms with E-state index in [9.17, 15) is 4.39 Å². The molecule has 0 saturated heterocycles. The first-order valence-corrected chi connectivity index (χ1v) is 5.03. The number of hydrogen-bond donors (Lipinski definition) is 0. The zero-order valence-electron chi connectivity index (χ0n) is 4.47. The van der Waals surface area contributed by atoms with Crippen molar-refractivity contribution in [3.05, 3.63) is 30.1 Å². The maximum Gasteiger partial charge on any atom is 0.137 e. The fourth-order valence-electron chi connectivity index (χ4n) is 0.507. The molecule has 0 saturated carbocycles. The average Bonchev–Trinajstić information content (AvgIpc) is 1.89. The fraction of sp³-hybridized carbons (Fsp3) is 0. The molecule has 0 nitrogen and oxygen atoms in total. The van der Waals surface area contributed by atoms with Crippen molar-refractivity contribution in [1.29, 1.82) is 0 Å². The maximum absolute atomic E-state index is 12.5. The van der Waals surface area contributed by atoms with E-state index in [1.165, 1.54) is 16.3 Å². The van der Waals surface area contributed by atoms with Gasteiger partial charge in [0.1, 0.15) is 5.82 Å². The van der Waals surface area contributed by atoms with Crippen molar-refractivity contribution in [2.45, 2.75) is 4.90 Å². The van der Waals surface area contributed by atoms with Crippen LogP contribution >= 0.6 is 25.0 Å². The van der Waals surface area contributed by atoms with Crippen LogP contribution in [0, 0.1) is 5.82 Å². The lowest BCUT2D eigenvalue weighted by Gasteiger charge is -1.92. The van der Waals surface area contributed by atoms with Crippen molar-refractivity contribution >= 4 is 25.0 Å². The van der Waals surface area contributed by atoms with Crippen molar-refractivity contribution in [1.82, 2.24) is 0 Å². The van der Waals surface area contributed by atoms with Gasteiger partial charge in [0.15, 0.2) is 0 Å². The second kappa shape index (κ2) is 3.22. The Morgan fingerprint density at radius 3 is 2.44 bits per heavy atom. The minimum Gasteiger partial charge on any atom is -0.206 e. The average molecular weight is 207 g/mol. The lowest BCUT2D eigenvalue weighted by Crippen LogP contribution is -1.73. The SMILES string of the molecule is Fc1ccccc1SBr. The van der Waals surface area contributed by atoms with E-state index < -0.39 is 0 Å². The van der Waals surface area contributed by atoms with Crippen LogP contribution in [0.5, 0.6) is 0 Å². The summed E-state index contributed by atoms with van der Waals surface area (Å²) in [5, 5.41) is 0. The van der Waals surface area contributed by atoms with Gasteiger partial charge in [-0.25, -0.2) is 4.39 Å². The van der Waals surface area contributed by atoms with Crippen LogP contribution in [0.15, 0.2) is 29.2 Å². The second-order valence-corrected chi connectivity index (χ2v) is 3.07. The molecule has 0 atom stereocenters. The molecule has 0 aliphatic heterocycles. The first-order valence-electron chi connectivity index (χ1n) is 2.37. The molecular weight excluding hydrogens is 203 g/mol. The maximum atomic E-state index is 12.5. The van der Waals surface area contributed by atoms with Crippen LogP contribution in [-0.4, -0.2) is 0 Å². The molecule has 3 heteroatoms. The Kier molecular flexibility index (Phi) is 2.54. The standard InChI is InChI=1S/C6H4BrFS/c7-9-6-4-2-1-3-5(6)8/h1-4H. The van der Waals surface area contributed by atoms with E-state index in [1.807, 2.05) is 0 Å². The molecule has 0 spiro atoms. The molecule has 0 amide bonds. The lowest BCUT2D eigenvalue weighted by atomic mass is 10.4.